The van der Waals surface area contributed by atoms with E-state index in [1.54, 1.807) is 0 Å². The Labute approximate surface area is 117 Å². The molecule has 2 N–H and O–H groups in total. The second kappa shape index (κ2) is 6.56. The average Bonchev–Trinajstić information content (AvgIpc) is 2.83. The molecule has 1 aliphatic carbocycles. The number of aryl methyl sites for hydroxylation is 1. The quantitative estimate of drug-likeness (QED) is 0.856. The lowest BCUT2D eigenvalue weighted by atomic mass is 9.67. The van der Waals surface area contributed by atoms with Crippen molar-refractivity contribution >= 4 is 0 Å². The molecule has 0 amide bonds. The van der Waals surface area contributed by atoms with Gasteiger partial charge in [-0.1, -0.05) is 26.2 Å². The fraction of sp³-hybridized carbons (Fsp3) is 0.812. The van der Waals surface area contributed by atoms with Gasteiger partial charge in [0.15, 0.2) is 0 Å². The highest BCUT2D eigenvalue weighted by atomic mass is 15.2. The third-order valence-electron chi connectivity index (χ3n) is 4.89. The summed E-state index contributed by atoms with van der Waals surface area (Å²) in [5.41, 5.74) is 7.63. The summed E-state index contributed by atoms with van der Waals surface area (Å²) in [5, 5.41) is 4.53. The maximum absolute atomic E-state index is 6.10. The molecule has 0 unspecified atom stereocenters. The number of nitrogens with zero attached hydrogens (tertiary/aromatic N) is 2. The SMILES string of the molecule is CCCCC1CCC(CN)(Cc2ccn(C)n2)CC1. The van der Waals surface area contributed by atoms with Gasteiger partial charge >= 0.3 is 0 Å². The van der Waals surface area contributed by atoms with Gasteiger partial charge in [0, 0.05) is 13.2 Å². The number of hydrogen-bond donors (Lipinski definition) is 1. The van der Waals surface area contributed by atoms with Gasteiger partial charge in [0.1, 0.15) is 0 Å². The van der Waals surface area contributed by atoms with E-state index in [9.17, 15) is 0 Å². The maximum Gasteiger partial charge on any atom is 0.0630 e. The van der Waals surface area contributed by atoms with Gasteiger partial charge < -0.3 is 5.73 Å². The molecule has 1 saturated carbocycles. The zero-order valence-corrected chi connectivity index (χ0v) is 12.6. The van der Waals surface area contributed by atoms with Crippen molar-refractivity contribution in [3.05, 3.63) is 18.0 Å². The predicted octanol–water partition coefficient (Wildman–Crippen LogP) is 3.29. The van der Waals surface area contributed by atoms with Crippen LogP contribution in [0.5, 0.6) is 0 Å². The topological polar surface area (TPSA) is 43.8 Å². The molecule has 3 heteroatoms. The minimum atomic E-state index is 0.317. The van der Waals surface area contributed by atoms with E-state index < -0.39 is 0 Å². The number of unbranched alkanes of at least 4 members (excludes halogenated alkanes) is 1. The summed E-state index contributed by atoms with van der Waals surface area (Å²) in [6.45, 7) is 3.10. The van der Waals surface area contributed by atoms with Crippen molar-refractivity contribution in [2.24, 2.45) is 24.1 Å². The summed E-state index contributed by atoms with van der Waals surface area (Å²) in [5.74, 6) is 0.948. The summed E-state index contributed by atoms with van der Waals surface area (Å²) in [6, 6.07) is 2.14. The van der Waals surface area contributed by atoms with E-state index in [1.165, 1.54) is 50.6 Å². The molecule has 0 atom stereocenters. The minimum Gasteiger partial charge on any atom is -0.330 e. The minimum absolute atomic E-state index is 0.317. The summed E-state index contributed by atoms with van der Waals surface area (Å²) in [4.78, 5) is 0. The Morgan fingerprint density at radius 3 is 2.68 bits per heavy atom. The van der Waals surface area contributed by atoms with Crippen LogP contribution in [-0.2, 0) is 13.5 Å². The van der Waals surface area contributed by atoms with Crippen LogP contribution in [0.25, 0.3) is 0 Å². The van der Waals surface area contributed by atoms with E-state index >= 15 is 0 Å². The van der Waals surface area contributed by atoms with Crippen molar-refractivity contribution in [2.45, 2.75) is 58.3 Å². The van der Waals surface area contributed by atoms with Gasteiger partial charge in [-0.05, 0) is 56.0 Å². The largest absolute Gasteiger partial charge is 0.330 e. The molecule has 0 aliphatic heterocycles. The first kappa shape index (κ1) is 14.6. The molecule has 1 heterocycles. The van der Waals surface area contributed by atoms with Gasteiger partial charge in [-0.15, -0.1) is 0 Å². The second-order valence-electron chi connectivity index (χ2n) is 6.45. The number of hydrogen-bond acceptors (Lipinski definition) is 2. The first-order valence-corrected chi connectivity index (χ1v) is 7.86. The Morgan fingerprint density at radius 2 is 2.16 bits per heavy atom. The van der Waals surface area contributed by atoms with Crippen LogP contribution in [-0.4, -0.2) is 16.3 Å². The monoisotopic (exact) mass is 263 g/mol. The Hall–Kier alpha value is -0.830. The van der Waals surface area contributed by atoms with E-state index in [4.69, 9.17) is 5.73 Å². The van der Waals surface area contributed by atoms with Crippen LogP contribution < -0.4 is 5.73 Å². The van der Waals surface area contributed by atoms with Crippen LogP contribution in [0.15, 0.2) is 12.3 Å². The van der Waals surface area contributed by atoms with Gasteiger partial charge in [-0.25, -0.2) is 0 Å². The van der Waals surface area contributed by atoms with Gasteiger partial charge in [0.05, 0.1) is 5.69 Å². The predicted molar refractivity (Wildman–Crippen MR) is 79.9 cm³/mol. The normalized spacial score (nSPS) is 27.6. The molecule has 19 heavy (non-hydrogen) atoms. The lowest BCUT2D eigenvalue weighted by Crippen LogP contribution is -2.37. The molecule has 0 radical (unpaired) electrons. The van der Waals surface area contributed by atoms with Crippen molar-refractivity contribution in [1.29, 1.82) is 0 Å². The van der Waals surface area contributed by atoms with Crippen LogP contribution in [0.4, 0.5) is 0 Å². The first-order chi connectivity index (χ1) is 9.17. The molecule has 1 aromatic heterocycles. The van der Waals surface area contributed by atoms with Crippen molar-refractivity contribution in [2.75, 3.05) is 6.54 Å². The molecule has 1 fully saturated rings. The smallest absolute Gasteiger partial charge is 0.0630 e. The highest BCUT2D eigenvalue weighted by Gasteiger charge is 2.34. The van der Waals surface area contributed by atoms with Crippen LogP contribution in [0, 0.1) is 11.3 Å². The molecular weight excluding hydrogens is 234 g/mol. The summed E-state index contributed by atoms with van der Waals surface area (Å²) in [7, 11) is 1.99. The molecule has 0 spiro atoms. The van der Waals surface area contributed by atoms with Gasteiger partial charge in [0.25, 0.3) is 0 Å². The Bertz CT molecular complexity index is 375. The summed E-state index contributed by atoms with van der Waals surface area (Å²) >= 11 is 0. The van der Waals surface area contributed by atoms with Crippen LogP contribution in [0.3, 0.4) is 0 Å². The number of aromatic nitrogens is 2. The molecule has 0 bridgehead atoms. The van der Waals surface area contributed by atoms with Crippen molar-refractivity contribution < 1.29 is 0 Å². The van der Waals surface area contributed by atoms with Gasteiger partial charge in [0.2, 0.25) is 0 Å². The van der Waals surface area contributed by atoms with Crippen molar-refractivity contribution in [3.8, 4) is 0 Å². The summed E-state index contributed by atoms with van der Waals surface area (Å²) in [6.07, 6.45) is 12.5. The van der Waals surface area contributed by atoms with Crippen molar-refractivity contribution in [1.82, 2.24) is 9.78 Å². The second-order valence-corrected chi connectivity index (χ2v) is 6.45. The molecular formula is C16H29N3. The van der Waals surface area contributed by atoms with E-state index in [0.29, 0.717) is 5.41 Å². The molecule has 1 aliphatic rings. The maximum atomic E-state index is 6.10. The first-order valence-electron chi connectivity index (χ1n) is 7.86. The highest BCUT2D eigenvalue weighted by molar-refractivity contribution is 5.04. The number of nitrogens with two attached hydrogens (primary N) is 1. The third-order valence-corrected chi connectivity index (χ3v) is 4.89. The summed E-state index contributed by atoms with van der Waals surface area (Å²) < 4.78 is 1.90. The lowest BCUT2D eigenvalue weighted by Gasteiger charge is -2.39. The fourth-order valence-corrected chi connectivity index (χ4v) is 3.47. The lowest BCUT2D eigenvalue weighted by molar-refractivity contribution is 0.148. The third kappa shape index (κ3) is 3.82. The molecule has 108 valence electrons. The van der Waals surface area contributed by atoms with E-state index in [0.717, 1.165) is 18.9 Å². The Morgan fingerprint density at radius 1 is 1.42 bits per heavy atom. The Kier molecular flexibility index (Phi) is 5.03. The molecule has 2 rings (SSSR count). The molecule has 1 aromatic rings. The molecule has 0 aromatic carbocycles. The molecule has 0 saturated heterocycles. The zero-order chi connectivity index (χ0) is 13.7. The van der Waals surface area contributed by atoms with Crippen LogP contribution in [0.2, 0.25) is 0 Å². The zero-order valence-electron chi connectivity index (χ0n) is 12.6. The van der Waals surface area contributed by atoms with E-state index in [1.807, 2.05) is 17.9 Å². The fourth-order valence-electron chi connectivity index (χ4n) is 3.47. The molecule has 3 nitrogen and oxygen atoms in total. The van der Waals surface area contributed by atoms with E-state index in [-0.39, 0.29) is 0 Å². The van der Waals surface area contributed by atoms with Crippen molar-refractivity contribution in [3.63, 3.8) is 0 Å². The van der Waals surface area contributed by atoms with Gasteiger partial charge in [-0.2, -0.15) is 5.10 Å². The number of rotatable bonds is 6. The standard InChI is InChI=1S/C16H29N3/c1-3-4-5-14-6-9-16(13-17,10-7-14)12-15-8-11-19(2)18-15/h8,11,14H,3-7,9-10,12-13,17H2,1-2H3. The van der Waals surface area contributed by atoms with Crippen LogP contribution in [0.1, 0.15) is 57.6 Å². The average molecular weight is 263 g/mol. The highest BCUT2D eigenvalue weighted by Crippen LogP contribution is 2.42. The Balaban J connectivity index is 1.90. The van der Waals surface area contributed by atoms with Crippen LogP contribution >= 0.6 is 0 Å². The van der Waals surface area contributed by atoms with E-state index in [2.05, 4.69) is 18.1 Å². The van der Waals surface area contributed by atoms with Gasteiger partial charge in [-0.3, -0.25) is 4.68 Å².